The minimum atomic E-state index is -0.344. The Hall–Kier alpha value is -1.77. The second kappa shape index (κ2) is 6.41. The number of hydrogen-bond acceptors (Lipinski definition) is 4. The maximum Gasteiger partial charge on any atom is 0.256 e. The number of aryl methyl sites for hydroxylation is 1. The van der Waals surface area contributed by atoms with Gasteiger partial charge in [-0.3, -0.25) is 0 Å². The van der Waals surface area contributed by atoms with E-state index >= 15 is 0 Å². The second-order valence-electron chi connectivity index (χ2n) is 3.80. The van der Waals surface area contributed by atoms with Crippen molar-refractivity contribution in [2.24, 2.45) is 0 Å². The average molecular weight is 277 g/mol. The summed E-state index contributed by atoms with van der Waals surface area (Å²) in [6.45, 7) is 1.60. The lowest BCUT2D eigenvalue weighted by Gasteiger charge is -2.03. The number of halogens is 1. The molecule has 0 fully saturated rings. The van der Waals surface area contributed by atoms with Gasteiger partial charge in [0.1, 0.15) is 18.7 Å². The van der Waals surface area contributed by atoms with Gasteiger partial charge in [-0.25, -0.2) is 9.37 Å². The number of nitrogens with zero attached hydrogens (tertiary/aromatic N) is 1. The number of aromatic nitrogens is 1. The molecule has 1 heterocycles. The standard InChI is InChI=1S/C14H12FNO2S/c1-10-8-18-14(16-10)19-9-12-4-5-13(15)7-11(12)3-2-6-17/h4-5,7-8,17H,6,9H2,1H3. The molecule has 0 aliphatic heterocycles. The Labute approximate surface area is 114 Å². The monoisotopic (exact) mass is 277 g/mol. The van der Waals surface area contributed by atoms with Crippen molar-refractivity contribution in [3.63, 3.8) is 0 Å². The lowest BCUT2D eigenvalue weighted by atomic mass is 10.1. The molecule has 0 unspecified atom stereocenters. The molecule has 0 atom stereocenters. The Balaban J connectivity index is 2.15. The van der Waals surface area contributed by atoms with Gasteiger partial charge in [0.25, 0.3) is 5.22 Å². The highest BCUT2D eigenvalue weighted by atomic mass is 32.2. The molecule has 2 aromatic rings. The second-order valence-corrected chi connectivity index (χ2v) is 4.73. The zero-order chi connectivity index (χ0) is 13.7. The highest BCUT2D eigenvalue weighted by Crippen LogP contribution is 2.24. The number of hydrogen-bond donors (Lipinski definition) is 1. The van der Waals surface area contributed by atoms with Crippen LogP contribution in [0.4, 0.5) is 4.39 Å². The predicted molar refractivity (Wildman–Crippen MR) is 71.2 cm³/mol. The van der Waals surface area contributed by atoms with Crippen LogP contribution in [-0.2, 0) is 5.75 Å². The topological polar surface area (TPSA) is 46.3 Å². The quantitative estimate of drug-likeness (QED) is 0.692. The van der Waals surface area contributed by atoms with E-state index in [9.17, 15) is 4.39 Å². The zero-order valence-electron chi connectivity index (χ0n) is 10.3. The summed E-state index contributed by atoms with van der Waals surface area (Å²) in [7, 11) is 0. The first-order valence-corrected chi connectivity index (χ1v) is 6.60. The Morgan fingerprint density at radius 3 is 3.00 bits per heavy atom. The third-order valence-electron chi connectivity index (χ3n) is 2.32. The molecule has 0 saturated carbocycles. The van der Waals surface area contributed by atoms with Crippen molar-refractivity contribution in [1.82, 2.24) is 4.98 Å². The van der Waals surface area contributed by atoms with Gasteiger partial charge in [0.2, 0.25) is 0 Å². The summed E-state index contributed by atoms with van der Waals surface area (Å²) in [6.07, 6.45) is 1.58. The van der Waals surface area contributed by atoms with Crippen LogP contribution in [0, 0.1) is 24.6 Å². The van der Waals surface area contributed by atoms with Crippen LogP contribution in [0.5, 0.6) is 0 Å². The molecule has 98 valence electrons. The van der Waals surface area contributed by atoms with Gasteiger partial charge in [-0.1, -0.05) is 29.7 Å². The fourth-order valence-electron chi connectivity index (χ4n) is 1.46. The first-order chi connectivity index (χ1) is 9.19. The van der Waals surface area contributed by atoms with Crippen LogP contribution in [0.2, 0.25) is 0 Å². The maximum atomic E-state index is 13.2. The summed E-state index contributed by atoms with van der Waals surface area (Å²) in [5, 5.41) is 9.27. The van der Waals surface area contributed by atoms with Gasteiger partial charge in [0, 0.05) is 11.3 Å². The van der Waals surface area contributed by atoms with Crippen molar-refractivity contribution in [2.45, 2.75) is 17.9 Å². The van der Waals surface area contributed by atoms with E-state index in [-0.39, 0.29) is 12.4 Å². The van der Waals surface area contributed by atoms with Crippen LogP contribution in [0.1, 0.15) is 16.8 Å². The highest BCUT2D eigenvalue weighted by molar-refractivity contribution is 7.98. The Morgan fingerprint density at radius 2 is 2.32 bits per heavy atom. The van der Waals surface area contributed by atoms with E-state index in [1.54, 1.807) is 12.3 Å². The summed E-state index contributed by atoms with van der Waals surface area (Å²) in [4.78, 5) is 4.18. The summed E-state index contributed by atoms with van der Waals surface area (Å²) >= 11 is 1.42. The van der Waals surface area contributed by atoms with E-state index in [1.165, 1.54) is 23.9 Å². The number of rotatable bonds is 3. The van der Waals surface area contributed by atoms with Crippen LogP contribution in [0.3, 0.4) is 0 Å². The molecule has 1 aromatic heterocycles. The largest absolute Gasteiger partial charge is 0.440 e. The van der Waals surface area contributed by atoms with Crippen LogP contribution in [0.15, 0.2) is 34.1 Å². The van der Waals surface area contributed by atoms with Crippen molar-refractivity contribution in [1.29, 1.82) is 0 Å². The Bertz CT molecular complexity index is 628. The van der Waals surface area contributed by atoms with Gasteiger partial charge in [-0.2, -0.15) is 0 Å². The highest BCUT2D eigenvalue weighted by Gasteiger charge is 2.06. The molecule has 0 saturated heterocycles. The van der Waals surface area contributed by atoms with Gasteiger partial charge in [0.15, 0.2) is 0 Å². The minimum absolute atomic E-state index is 0.248. The molecule has 0 radical (unpaired) electrons. The summed E-state index contributed by atoms with van der Waals surface area (Å²) < 4.78 is 18.4. The number of aliphatic hydroxyl groups excluding tert-OH is 1. The molecule has 1 N–H and O–H groups in total. The lowest BCUT2D eigenvalue weighted by molar-refractivity contribution is 0.350. The molecule has 0 aliphatic carbocycles. The Morgan fingerprint density at radius 1 is 1.47 bits per heavy atom. The number of thioether (sulfide) groups is 1. The number of aliphatic hydroxyl groups is 1. The lowest BCUT2D eigenvalue weighted by Crippen LogP contribution is -1.90. The first kappa shape index (κ1) is 13.7. The molecule has 3 nitrogen and oxygen atoms in total. The molecule has 5 heteroatoms. The summed E-state index contributed by atoms with van der Waals surface area (Å²) in [6, 6.07) is 4.43. The van der Waals surface area contributed by atoms with Gasteiger partial charge < -0.3 is 9.52 Å². The van der Waals surface area contributed by atoms with E-state index in [4.69, 9.17) is 9.52 Å². The Kier molecular flexibility index (Phi) is 4.61. The van der Waals surface area contributed by atoms with Gasteiger partial charge in [0.05, 0.1) is 5.69 Å². The molecule has 19 heavy (non-hydrogen) atoms. The number of benzene rings is 1. The molecule has 0 amide bonds. The zero-order valence-corrected chi connectivity index (χ0v) is 11.1. The number of oxazole rings is 1. The third-order valence-corrected chi connectivity index (χ3v) is 3.21. The van der Waals surface area contributed by atoms with Crippen molar-refractivity contribution in [2.75, 3.05) is 6.61 Å². The van der Waals surface area contributed by atoms with E-state index < -0.39 is 0 Å². The SMILES string of the molecule is Cc1coc(SCc2ccc(F)cc2C#CCO)n1. The van der Waals surface area contributed by atoms with E-state index in [1.807, 2.05) is 6.92 Å². The van der Waals surface area contributed by atoms with Gasteiger partial charge in [-0.15, -0.1) is 0 Å². The maximum absolute atomic E-state index is 13.2. The fourth-order valence-corrected chi connectivity index (χ4v) is 2.32. The molecule has 0 aliphatic rings. The molecule has 1 aromatic carbocycles. The molecular weight excluding hydrogens is 265 g/mol. The average Bonchev–Trinajstić information content (AvgIpc) is 2.81. The van der Waals surface area contributed by atoms with Gasteiger partial charge in [-0.05, 0) is 24.6 Å². The van der Waals surface area contributed by atoms with Crippen molar-refractivity contribution < 1.29 is 13.9 Å². The molecule has 2 rings (SSSR count). The first-order valence-electron chi connectivity index (χ1n) is 5.62. The summed E-state index contributed by atoms with van der Waals surface area (Å²) in [5.41, 5.74) is 2.27. The molecule has 0 bridgehead atoms. The third kappa shape index (κ3) is 3.85. The van der Waals surface area contributed by atoms with Crippen LogP contribution in [0.25, 0.3) is 0 Å². The van der Waals surface area contributed by atoms with Crippen LogP contribution >= 0.6 is 11.8 Å². The van der Waals surface area contributed by atoms with Crippen molar-refractivity contribution in [3.05, 3.63) is 47.1 Å². The minimum Gasteiger partial charge on any atom is -0.440 e. The molecular formula is C14H12FNO2S. The van der Waals surface area contributed by atoms with E-state index in [2.05, 4.69) is 16.8 Å². The van der Waals surface area contributed by atoms with Crippen molar-refractivity contribution >= 4 is 11.8 Å². The fraction of sp³-hybridized carbons (Fsp3) is 0.214. The van der Waals surface area contributed by atoms with Crippen LogP contribution < -0.4 is 0 Å². The normalized spacial score (nSPS) is 10.1. The van der Waals surface area contributed by atoms with Crippen LogP contribution in [-0.4, -0.2) is 16.7 Å². The molecule has 0 spiro atoms. The predicted octanol–water partition coefficient (Wildman–Crippen LogP) is 2.76. The summed E-state index contributed by atoms with van der Waals surface area (Å²) in [5.74, 6) is 5.50. The van der Waals surface area contributed by atoms with Crippen molar-refractivity contribution in [3.8, 4) is 11.8 Å². The van der Waals surface area contributed by atoms with E-state index in [0.29, 0.717) is 16.5 Å². The van der Waals surface area contributed by atoms with E-state index in [0.717, 1.165) is 11.3 Å². The smallest absolute Gasteiger partial charge is 0.256 e. The van der Waals surface area contributed by atoms with Gasteiger partial charge >= 0.3 is 0 Å².